The van der Waals surface area contributed by atoms with Gasteiger partial charge in [0.05, 0.1) is 17.1 Å². The molecule has 1 N–H and O–H groups in total. The van der Waals surface area contributed by atoms with Gasteiger partial charge in [-0.15, -0.1) is 11.3 Å². The molecule has 1 aromatic heterocycles. The Labute approximate surface area is 189 Å². The summed E-state index contributed by atoms with van der Waals surface area (Å²) in [7, 11) is -2.89. The molecule has 0 aliphatic heterocycles. The van der Waals surface area contributed by atoms with E-state index in [2.05, 4.69) is 5.32 Å². The van der Waals surface area contributed by atoms with Crippen LogP contribution >= 0.6 is 11.3 Å². The van der Waals surface area contributed by atoms with Gasteiger partial charge in [0.25, 0.3) is 5.91 Å². The lowest BCUT2D eigenvalue weighted by Gasteiger charge is -2.16. The second kappa shape index (κ2) is 11.2. The van der Waals surface area contributed by atoms with E-state index in [1.54, 1.807) is 13.0 Å². The van der Waals surface area contributed by atoms with Gasteiger partial charge in [0.2, 0.25) is 10.0 Å². The molecule has 0 saturated heterocycles. The summed E-state index contributed by atoms with van der Waals surface area (Å²) >= 11 is 1.20. The molecule has 9 nitrogen and oxygen atoms in total. The fourth-order valence-corrected chi connectivity index (χ4v) is 4.59. The summed E-state index contributed by atoms with van der Waals surface area (Å²) in [5.41, 5.74) is 0.207. The van der Waals surface area contributed by atoms with Crippen molar-refractivity contribution in [2.75, 3.05) is 32.1 Å². The Morgan fingerprint density at radius 3 is 2.38 bits per heavy atom. The number of rotatable bonds is 10. The average molecular weight is 487 g/mol. The zero-order valence-electron chi connectivity index (χ0n) is 17.7. The molecule has 1 aromatic carbocycles. The molecule has 2 rings (SSSR count). The molecule has 0 atom stereocenters. The second-order valence-corrected chi connectivity index (χ2v) is 9.64. The highest BCUT2D eigenvalue weighted by atomic mass is 32.2. The van der Waals surface area contributed by atoms with Crippen molar-refractivity contribution in [3.8, 4) is 0 Å². The molecular formula is C20H23FN2O7S2. The Balaban J connectivity index is 1.94. The molecule has 2 aromatic rings. The summed E-state index contributed by atoms with van der Waals surface area (Å²) < 4.78 is 48.4. The SMILES string of the molecule is CCOC(=O)c1cc(CC)sc1NC(=O)COC(=O)CN(C)S(=O)(=O)c1ccc(F)cc1. The molecule has 174 valence electrons. The average Bonchev–Trinajstić information content (AvgIpc) is 3.15. The van der Waals surface area contributed by atoms with E-state index in [0.29, 0.717) is 6.42 Å². The zero-order chi connectivity index (χ0) is 23.9. The van der Waals surface area contributed by atoms with Gasteiger partial charge < -0.3 is 14.8 Å². The van der Waals surface area contributed by atoms with Gasteiger partial charge in [0, 0.05) is 11.9 Å². The standard InChI is InChI=1S/C20H23FN2O7S2/c1-4-14-10-16(20(26)29-5-2)19(31-14)22-17(24)12-30-18(25)11-23(3)32(27,28)15-8-6-13(21)7-9-15/h6-10H,4-5,11-12H2,1-3H3,(H,22,24). The quantitative estimate of drug-likeness (QED) is 0.512. The maximum Gasteiger partial charge on any atom is 0.341 e. The smallest absolute Gasteiger partial charge is 0.341 e. The van der Waals surface area contributed by atoms with Gasteiger partial charge in [0.15, 0.2) is 6.61 Å². The Hall–Kier alpha value is -2.83. The summed E-state index contributed by atoms with van der Waals surface area (Å²) in [5.74, 6) is -2.83. The lowest BCUT2D eigenvalue weighted by atomic mass is 10.2. The number of benzene rings is 1. The third kappa shape index (κ3) is 6.58. The maximum atomic E-state index is 13.0. The van der Waals surface area contributed by atoms with Crippen molar-refractivity contribution < 1.29 is 36.7 Å². The minimum absolute atomic E-state index is 0.176. The highest BCUT2D eigenvalue weighted by Crippen LogP contribution is 2.29. The number of nitrogens with one attached hydrogen (secondary N) is 1. The molecule has 0 unspecified atom stereocenters. The molecular weight excluding hydrogens is 463 g/mol. The second-order valence-electron chi connectivity index (χ2n) is 6.45. The van der Waals surface area contributed by atoms with Crippen LogP contribution in [-0.2, 0) is 35.5 Å². The number of sulfonamides is 1. The number of carbonyl (C=O) groups is 3. The summed E-state index contributed by atoms with van der Waals surface area (Å²) in [6.45, 7) is 2.40. The number of thiophene rings is 1. The number of halogens is 1. The van der Waals surface area contributed by atoms with Gasteiger partial charge >= 0.3 is 11.9 Å². The van der Waals surface area contributed by atoms with Crippen LogP contribution in [0, 0.1) is 5.82 Å². The van der Waals surface area contributed by atoms with Crippen LogP contribution in [0.15, 0.2) is 35.2 Å². The van der Waals surface area contributed by atoms with Crippen LogP contribution < -0.4 is 5.32 Å². The Morgan fingerprint density at radius 2 is 1.78 bits per heavy atom. The van der Waals surface area contributed by atoms with Gasteiger partial charge in [-0.25, -0.2) is 17.6 Å². The first kappa shape index (κ1) is 25.4. The van der Waals surface area contributed by atoms with Gasteiger partial charge in [-0.3, -0.25) is 9.59 Å². The van der Waals surface area contributed by atoms with E-state index in [0.717, 1.165) is 40.5 Å². The van der Waals surface area contributed by atoms with Crippen LogP contribution in [0.2, 0.25) is 0 Å². The van der Waals surface area contributed by atoms with E-state index in [-0.39, 0.29) is 22.1 Å². The fraction of sp³-hybridized carbons (Fsp3) is 0.350. The number of anilines is 1. The van der Waals surface area contributed by atoms with Gasteiger partial charge in [-0.05, 0) is 43.7 Å². The highest BCUT2D eigenvalue weighted by Gasteiger charge is 2.24. The van der Waals surface area contributed by atoms with Crippen molar-refractivity contribution in [2.45, 2.75) is 25.2 Å². The summed E-state index contributed by atoms with van der Waals surface area (Å²) in [4.78, 5) is 36.9. The molecule has 0 fully saturated rings. The van der Waals surface area contributed by atoms with Crippen molar-refractivity contribution in [1.82, 2.24) is 4.31 Å². The number of carbonyl (C=O) groups excluding carboxylic acids is 3. The minimum Gasteiger partial charge on any atom is -0.462 e. The number of esters is 2. The molecule has 32 heavy (non-hydrogen) atoms. The number of aryl methyl sites for hydroxylation is 1. The molecule has 0 bridgehead atoms. The molecule has 1 amide bonds. The Bertz CT molecular complexity index is 1080. The summed E-state index contributed by atoms with van der Waals surface area (Å²) in [6.07, 6.45) is 0.650. The number of hydrogen-bond acceptors (Lipinski definition) is 8. The first-order chi connectivity index (χ1) is 15.1. The zero-order valence-corrected chi connectivity index (χ0v) is 19.3. The van der Waals surface area contributed by atoms with Crippen LogP contribution in [0.1, 0.15) is 29.1 Å². The van der Waals surface area contributed by atoms with Crippen LogP contribution in [0.25, 0.3) is 0 Å². The molecule has 0 aliphatic carbocycles. The van der Waals surface area contributed by atoms with E-state index in [1.165, 1.54) is 11.3 Å². The number of likely N-dealkylation sites (N-methyl/N-ethyl adjacent to an activating group) is 1. The van der Waals surface area contributed by atoms with Gasteiger partial charge in [-0.1, -0.05) is 6.92 Å². The van der Waals surface area contributed by atoms with Crippen molar-refractivity contribution >= 4 is 44.2 Å². The lowest BCUT2D eigenvalue weighted by Crippen LogP contribution is -2.34. The van der Waals surface area contributed by atoms with E-state index in [4.69, 9.17) is 9.47 Å². The maximum absolute atomic E-state index is 13.0. The monoisotopic (exact) mass is 486 g/mol. The third-order valence-corrected chi connectivity index (χ3v) is 7.13. The molecule has 1 heterocycles. The fourth-order valence-electron chi connectivity index (χ4n) is 2.48. The molecule has 0 radical (unpaired) electrons. The number of ether oxygens (including phenoxy) is 2. The van der Waals surface area contributed by atoms with E-state index < -0.39 is 46.8 Å². The van der Waals surface area contributed by atoms with E-state index >= 15 is 0 Å². The Morgan fingerprint density at radius 1 is 1.12 bits per heavy atom. The first-order valence-electron chi connectivity index (χ1n) is 9.55. The Kier molecular flexibility index (Phi) is 8.87. The summed E-state index contributed by atoms with van der Waals surface area (Å²) in [5, 5.41) is 2.78. The van der Waals surface area contributed by atoms with E-state index in [1.807, 2.05) is 6.92 Å². The van der Waals surface area contributed by atoms with Crippen molar-refractivity contribution in [2.24, 2.45) is 0 Å². The largest absolute Gasteiger partial charge is 0.462 e. The van der Waals surface area contributed by atoms with Crippen LogP contribution in [0.4, 0.5) is 9.39 Å². The van der Waals surface area contributed by atoms with Crippen LogP contribution in [0.5, 0.6) is 0 Å². The third-order valence-electron chi connectivity index (χ3n) is 4.12. The normalized spacial score (nSPS) is 11.3. The van der Waals surface area contributed by atoms with E-state index in [9.17, 15) is 27.2 Å². The molecule has 12 heteroatoms. The van der Waals surface area contributed by atoms with Crippen LogP contribution in [-0.4, -0.2) is 57.4 Å². The first-order valence-corrected chi connectivity index (χ1v) is 11.8. The lowest BCUT2D eigenvalue weighted by molar-refractivity contribution is -0.147. The number of amides is 1. The number of nitrogens with zero attached hydrogens (tertiary/aromatic N) is 1. The molecule has 0 spiro atoms. The van der Waals surface area contributed by atoms with Gasteiger partial charge in [-0.2, -0.15) is 4.31 Å². The van der Waals surface area contributed by atoms with Crippen LogP contribution in [0.3, 0.4) is 0 Å². The highest BCUT2D eigenvalue weighted by molar-refractivity contribution is 7.89. The summed E-state index contributed by atoms with van der Waals surface area (Å²) in [6, 6.07) is 5.75. The van der Waals surface area contributed by atoms with Gasteiger partial charge in [0.1, 0.15) is 17.4 Å². The van der Waals surface area contributed by atoms with Crippen molar-refractivity contribution in [3.63, 3.8) is 0 Å². The van der Waals surface area contributed by atoms with Crippen molar-refractivity contribution in [3.05, 3.63) is 46.6 Å². The predicted octanol–water partition coefficient (Wildman–Crippen LogP) is 2.43. The number of hydrogen-bond donors (Lipinski definition) is 1. The molecule has 0 saturated carbocycles. The molecule has 0 aliphatic rings. The predicted molar refractivity (Wildman–Crippen MR) is 115 cm³/mol. The minimum atomic E-state index is -4.04. The van der Waals surface area contributed by atoms with Crippen molar-refractivity contribution in [1.29, 1.82) is 0 Å². The topological polar surface area (TPSA) is 119 Å².